The molecule has 1 saturated heterocycles. The summed E-state index contributed by atoms with van der Waals surface area (Å²) < 4.78 is 24.7. The SMILES string of the molecule is C[C@H](N)c1cncn1C1CCS(=O)(=O)CC1. The van der Waals surface area contributed by atoms with Gasteiger partial charge in [-0.1, -0.05) is 0 Å². The quantitative estimate of drug-likeness (QED) is 0.827. The van der Waals surface area contributed by atoms with E-state index in [0.717, 1.165) is 5.69 Å². The second-order valence-corrected chi connectivity index (χ2v) is 6.70. The number of sulfone groups is 1. The predicted octanol–water partition coefficient (Wildman–Crippen LogP) is 0.653. The van der Waals surface area contributed by atoms with Crippen LogP contribution < -0.4 is 5.73 Å². The lowest BCUT2D eigenvalue weighted by Crippen LogP contribution is -2.27. The summed E-state index contributed by atoms with van der Waals surface area (Å²) >= 11 is 0. The second-order valence-electron chi connectivity index (χ2n) is 4.40. The van der Waals surface area contributed by atoms with E-state index in [-0.39, 0.29) is 23.6 Å². The van der Waals surface area contributed by atoms with E-state index in [1.165, 1.54) is 0 Å². The number of hydrogen-bond acceptors (Lipinski definition) is 4. The molecule has 0 saturated carbocycles. The van der Waals surface area contributed by atoms with Gasteiger partial charge in [-0.15, -0.1) is 0 Å². The van der Waals surface area contributed by atoms with E-state index in [2.05, 4.69) is 4.98 Å². The summed E-state index contributed by atoms with van der Waals surface area (Å²) in [4.78, 5) is 4.09. The Morgan fingerprint density at radius 1 is 1.50 bits per heavy atom. The molecule has 0 unspecified atom stereocenters. The van der Waals surface area contributed by atoms with E-state index in [1.54, 1.807) is 12.5 Å². The van der Waals surface area contributed by atoms with Gasteiger partial charge in [0.1, 0.15) is 9.84 Å². The highest BCUT2D eigenvalue weighted by Crippen LogP contribution is 2.26. The van der Waals surface area contributed by atoms with Gasteiger partial charge >= 0.3 is 0 Å². The molecule has 5 nitrogen and oxygen atoms in total. The maximum Gasteiger partial charge on any atom is 0.150 e. The molecule has 90 valence electrons. The Morgan fingerprint density at radius 3 is 2.69 bits per heavy atom. The summed E-state index contributed by atoms with van der Waals surface area (Å²) in [6.45, 7) is 1.91. The van der Waals surface area contributed by atoms with Crippen molar-refractivity contribution in [3.05, 3.63) is 18.2 Å². The summed E-state index contributed by atoms with van der Waals surface area (Å²) in [6.07, 6.45) is 4.84. The van der Waals surface area contributed by atoms with Crippen LogP contribution in [0.4, 0.5) is 0 Å². The van der Waals surface area contributed by atoms with E-state index < -0.39 is 9.84 Å². The van der Waals surface area contributed by atoms with E-state index in [4.69, 9.17) is 5.73 Å². The van der Waals surface area contributed by atoms with Crippen LogP contribution in [0.25, 0.3) is 0 Å². The third kappa shape index (κ3) is 2.27. The summed E-state index contributed by atoms with van der Waals surface area (Å²) in [5, 5.41) is 0. The lowest BCUT2D eigenvalue weighted by Gasteiger charge is -2.25. The zero-order chi connectivity index (χ0) is 11.8. The van der Waals surface area contributed by atoms with E-state index >= 15 is 0 Å². The Hall–Kier alpha value is -0.880. The Morgan fingerprint density at radius 2 is 2.12 bits per heavy atom. The maximum absolute atomic E-state index is 11.3. The molecule has 1 fully saturated rings. The van der Waals surface area contributed by atoms with Crippen LogP contribution >= 0.6 is 0 Å². The van der Waals surface area contributed by atoms with Gasteiger partial charge in [-0.05, 0) is 19.8 Å². The van der Waals surface area contributed by atoms with Gasteiger partial charge in [-0.25, -0.2) is 13.4 Å². The van der Waals surface area contributed by atoms with Crippen LogP contribution in [-0.4, -0.2) is 29.5 Å². The first-order valence-corrected chi connectivity index (χ1v) is 7.29. The second kappa shape index (κ2) is 4.18. The summed E-state index contributed by atoms with van der Waals surface area (Å²) in [5.41, 5.74) is 6.82. The standard InChI is InChI=1S/C10H17N3O2S/c1-8(11)10-6-12-7-13(10)9-2-4-16(14,15)5-3-9/h6-9H,2-5,11H2,1H3/t8-/m0/s1. The molecule has 0 bridgehead atoms. The van der Waals surface area contributed by atoms with Crippen molar-refractivity contribution in [3.63, 3.8) is 0 Å². The van der Waals surface area contributed by atoms with Gasteiger partial charge in [0.15, 0.2) is 0 Å². The monoisotopic (exact) mass is 243 g/mol. The van der Waals surface area contributed by atoms with Crippen molar-refractivity contribution in [2.75, 3.05) is 11.5 Å². The fourth-order valence-corrected chi connectivity index (χ4v) is 3.59. The van der Waals surface area contributed by atoms with E-state index in [9.17, 15) is 8.42 Å². The molecule has 0 amide bonds. The van der Waals surface area contributed by atoms with Crippen LogP contribution in [0, 0.1) is 0 Å². The van der Waals surface area contributed by atoms with Crippen LogP contribution in [0.1, 0.15) is 37.5 Å². The van der Waals surface area contributed by atoms with Gasteiger partial charge in [-0.2, -0.15) is 0 Å². The molecule has 16 heavy (non-hydrogen) atoms. The first kappa shape index (κ1) is 11.6. The third-order valence-electron chi connectivity index (χ3n) is 3.08. The Balaban J connectivity index is 2.17. The van der Waals surface area contributed by atoms with Crippen LogP contribution in [0.2, 0.25) is 0 Å². The Labute approximate surface area is 95.6 Å². The summed E-state index contributed by atoms with van der Waals surface area (Å²) in [5.74, 6) is 0.544. The van der Waals surface area contributed by atoms with Gasteiger partial charge < -0.3 is 10.3 Å². The molecule has 1 aromatic heterocycles. The highest BCUT2D eigenvalue weighted by molar-refractivity contribution is 7.91. The molecular formula is C10H17N3O2S. The van der Waals surface area contributed by atoms with Gasteiger partial charge in [0.25, 0.3) is 0 Å². The third-order valence-corrected chi connectivity index (χ3v) is 4.80. The van der Waals surface area contributed by atoms with Crippen molar-refractivity contribution in [1.82, 2.24) is 9.55 Å². The van der Waals surface area contributed by atoms with Crippen molar-refractivity contribution in [1.29, 1.82) is 0 Å². The predicted molar refractivity (Wildman–Crippen MR) is 61.8 cm³/mol. The lowest BCUT2D eigenvalue weighted by molar-refractivity contribution is 0.432. The average Bonchev–Trinajstić information content (AvgIpc) is 2.66. The van der Waals surface area contributed by atoms with Crippen molar-refractivity contribution < 1.29 is 8.42 Å². The van der Waals surface area contributed by atoms with Crippen molar-refractivity contribution >= 4 is 9.84 Å². The molecular weight excluding hydrogens is 226 g/mol. The number of aromatic nitrogens is 2. The minimum absolute atomic E-state index is 0.0685. The van der Waals surface area contributed by atoms with Crippen molar-refractivity contribution in [2.45, 2.75) is 31.8 Å². The summed E-state index contributed by atoms with van der Waals surface area (Å²) in [6, 6.07) is 0.160. The molecule has 2 rings (SSSR count). The van der Waals surface area contributed by atoms with Crippen LogP contribution in [-0.2, 0) is 9.84 Å². The van der Waals surface area contributed by atoms with Crippen LogP contribution in [0.3, 0.4) is 0 Å². The number of hydrogen-bond donors (Lipinski definition) is 1. The molecule has 1 aliphatic rings. The largest absolute Gasteiger partial charge is 0.330 e. The molecule has 1 aliphatic heterocycles. The molecule has 2 heterocycles. The molecule has 0 spiro atoms. The van der Waals surface area contributed by atoms with Gasteiger partial charge in [-0.3, -0.25) is 0 Å². The first-order chi connectivity index (χ1) is 7.49. The van der Waals surface area contributed by atoms with Gasteiger partial charge in [0.05, 0.1) is 23.5 Å². The van der Waals surface area contributed by atoms with Gasteiger partial charge in [0, 0.05) is 18.3 Å². The summed E-state index contributed by atoms with van der Waals surface area (Å²) in [7, 11) is -2.80. The lowest BCUT2D eigenvalue weighted by atomic mass is 10.1. The molecule has 1 atom stereocenters. The molecule has 2 N–H and O–H groups in total. The zero-order valence-corrected chi connectivity index (χ0v) is 10.2. The van der Waals surface area contributed by atoms with Gasteiger partial charge in [0.2, 0.25) is 0 Å². The van der Waals surface area contributed by atoms with Crippen LogP contribution in [0.5, 0.6) is 0 Å². The minimum Gasteiger partial charge on any atom is -0.330 e. The molecule has 0 aliphatic carbocycles. The molecule has 6 heteroatoms. The first-order valence-electron chi connectivity index (χ1n) is 5.47. The molecule has 0 radical (unpaired) electrons. The number of nitrogens with zero attached hydrogens (tertiary/aromatic N) is 2. The van der Waals surface area contributed by atoms with E-state index in [0.29, 0.717) is 12.8 Å². The fraction of sp³-hybridized carbons (Fsp3) is 0.700. The normalized spacial score (nSPS) is 23.1. The van der Waals surface area contributed by atoms with Crippen molar-refractivity contribution in [3.8, 4) is 0 Å². The number of imidazole rings is 1. The Kier molecular flexibility index (Phi) is 3.03. The number of nitrogens with two attached hydrogens (primary N) is 1. The topological polar surface area (TPSA) is 78.0 Å². The smallest absolute Gasteiger partial charge is 0.150 e. The van der Waals surface area contributed by atoms with Crippen molar-refractivity contribution in [2.24, 2.45) is 5.73 Å². The fourth-order valence-electron chi connectivity index (χ4n) is 2.13. The zero-order valence-electron chi connectivity index (χ0n) is 9.33. The Bertz CT molecular complexity index is 450. The average molecular weight is 243 g/mol. The maximum atomic E-state index is 11.3. The molecule has 0 aromatic carbocycles. The van der Waals surface area contributed by atoms with Crippen LogP contribution in [0.15, 0.2) is 12.5 Å². The molecule has 1 aromatic rings. The highest BCUT2D eigenvalue weighted by Gasteiger charge is 2.26. The minimum atomic E-state index is -2.80. The van der Waals surface area contributed by atoms with E-state index in [1.807, 2.05) is 11.5 Å². The highest BCUT2D eigenvalue weighted by atomic mass is 32.2. The number of rotatable bonds is 2.